The van der Waals surface area contributed by atoms with Gasteiger partial charge in [-0.25, -0.2) is 14.5 Å². The number of pyridine rings is 1. The molecule has 182 valence electrons. The van der Waals surface area contributed by atoms with Gasteiger partial charge in [0.25, 0.3) is 5.91 Å². The number of rotatable bonds is 7. The third-order valence-electron chi connectivity index (χ3n) is 5.75. The number of anilines is 1. The summed E-state index contributed by atoms with van der Waals surface area (Å²) < 4.78 is 18.3. The average molecular weight is 485 g/mol. The van der Waals surface area contributed by atoms with Crippen molar-refractivity contribution in [1.82, 2.24) is 14.8 Å². The molecule has 1 N–H and O–H groups in total. The van der Waals surface area contributed by atoms with E-state index in [1.54, 1.807) is 29.1 Å². The summed E-state index contributed by atoms with van der Waals surface area (Å²) in [5.74, 6) is -0.139. The Morgan fingerprint density at radius 2 is 1.86 bits per heavy atom. The van der Waals surface area contributed by atoms with Crippen molar-refractivity contribution in [3.05, 3.63) is 78.2 Å². The van der Waals surface area contributed by atoms with Crippen LogP contribution in [0, 0.1) is 0 Å². The summed E-state index contributed by atoms with van der Waals surface area (Å²) in [7, 11) is 1.52. The van der Waals surface area contributed by atoms with Crippen molar-refractivity contribution in [2.45, 2.75) is 19.8 Å². The number of ether oxygens (including phenoxy) is 2. The van der Waals surface area contributed by atoms with Crippen LogP contribution in [0.25, 0.3) is 27.8 Å². The number of benzene rings is 2. The fourth-order valence-corrected chi connectivity index (χ4v) is 4.15. The van der Waals surface area contributed by atoms with E-state index in [0.29, 0.717) is 28.5 Å². The van der Waals surface area contributed by atoms with Gasteiger partial charge in [0, 0.05) is 23.0 Å². The summed E-state index contributed by atoms with van der Waals surface area (Å²) >= 11 is 0. The fourth-order valence-electron chi connectivity index (χ4n) is 4.15. The zero-order chi connectivity index (χ0) is 25.2. The van der Waals surface area contributed by atoms with E-state index in [1.807, 2.05) is 50.2 Å². The topological polar surface area (TPSA) is 108 Å². The Bertz CT molecular complexity index is 1570. The minimum atomic E-state index is -0.643. The van der Waals surface area contributed by atoms with Crippen molar-refractivity contribution in [2.75, 3.05) is 19.0 Å². The second-order valence-electron chi connectivity index (χ2n) is 8.47. The molecule has 5 rings (SSSR count). The summed E-state index contributed by atoms with van der Waals surface area (Å²) in [6, 6.07) is 16.6. The fraction of sp³-hybridized carbons (Fsp3) is 0.185. The van der Waals surface area contributed by atoms with E-state index in [9.17, 15) is 9.59 Å². The molecule has 0 saturated heterocycles. The number of amides is 1. The van der Waals surface area contributed by atoms with Gasteiger partial charge in [-0.2, -0.15) is 5.10 Å². The number of carbonyl (C=O) groups excluding carboxylic acids is 2. The zero-order valence-electron chi connectivity index (χ0n) is 20.0. The molecule has 9 heteroatoms. The standard InChI is InChI=1S/C27H24N4O5/c1-16(2)26-19(14-29-31(26)24-10-6-7-11-28-24)27(33)35-15-25(32)30-20-13-22-18(12-23(20)34-3)17-8-4-5-9-21(17)36-22/h4-14,16H,15H2,1-3H3,(H,30,32). The molecule has 3 heterocycles. The minimum absolute atomic E-state index is 0.0364. The highest BCUT2D eigenvalue weighted by atomic mass is 16.5. The van der Waals surface area contributed by atoms with Crippen molar-refractivity contribution in [3.63, 3.8) is 0 Å². The molecule has 0 aliphatic rings. The predicted molar refractivity (Wildman–Crippen MR) is 135 cm³/mol. The van der Waals surface area contributed by atoms with Gasteiger partial charge in [-0.15, -0.1) is 0 Å². The van der Waals surface area contributed by atoms with Gasteiger partial charge in [0.2, 0.25) is 0 Å². The number of hydrogen-bond acceptors (Lipinski definition) is 7. The Morgan fingerprint density at radius 1 is 1.06 bits per heavy atom. The molecule has 2 aromatic carbocycles. The molecule has 0 bridgehead atoms. The van der Waals surface area contributed by atoms with E-state index in [4.69, 9.17) is 13.9 Å². The average Bonchev–Trinajstić information content (AvgIpc) is 3.49. The van der Waals surface area contributed by atoms with E-state index >= 15 is 0 Å². The van der Waals surface area contributed by atoms with Crippen molar-refractivity contribution in [2.24, 2.45) is 0 Å². The normalized spacial score (nSPS) is 11.2. The first-order valence-electron chi connectivity index (χ1n) is 11.4. The summed E-state index contributed by atoms with van der Waals surface area (Å²) in [5.41, 5.74) is 2.68. The number of nitrogens with zero attached hydrogens (tertiary/aromatic N) is 3. The van der Waals surface area contributed by atoms with Crippen LogP contribution in [0.15, 0.2) is 71.4 Å². The molecule has 0 unspecified atom stereocenters. The maximum atomic E-state index is 12.9. The largest absolute Gasteiger partial charge is 0.495 e. The highest BCUT2D eigenvalue weighted by molar-refractivity contribution is 6.08. The first-order valence-corrected chi connectivity index (χ1v) is 11.4. The van der Waals surface area contributed by atoms with Crippen molar-refractivity contribution < 1.29 is 23.5 Å². The van der Waals surface area contributed by atoms with Crippen LogP contribution >= 0.6 is 0 Å². The summed E-state index contributed by atoms with van der Waals surface area (Å²) in [6.45, 7) is 3.41. The van der Waals surface area contributed by atoms with Crippen molar-refractivity contribution in [3.8, 4) is 11.6 Å². The molecule has 0 saturated carbocycles. The lowest BCUT2D eigenvalue weighted by atomic mass is 10.1. The maximum absolute atomic E-state index is 12.9. The molecular weight excluding hydrogens is 460 g/mol. The highest BCUT2D eigenvalue weighted by Gasteiger charge is 2.23. The van der Waals surface area contributed by atoms with E-state index < -0.39 is 18.5 Å². The molecule has 9 nitrogen and oxygen atoms in total. The maximum Gasteiger partial charge on any atom is 0.342 e. The second kappa shape index (κ2) is 9.53. The number of furan rings is 1. The van der Waals surface area contributed by atoms with Crippen LogP contribution in [0.1, 0.15) is 35.8 Å². The predicted octanol–water partition coefficient (Wildman–Crippen LogP) is 5.09. The Balaban J connectivity index is 1.32. The van der Waals surface area contributed by atoms with Crippen LogP contribution in [0.2, 0.25) is 0 Å². The highest BCUT2D eigenvalue weighted by Crippen LogP contribution is 2.36. The second-order valence-corrected chi connectivity index (χ2v) is 8.47. The number of fused-ring (bicyclic) bond motifs is 3. The number of nitrogens with one attached hydrogen (secondary N) is 1. The van der Waals surface area contributed by atoms with Crippen molar-refractivity contribution in [1.29, 1.82) is 0 Å². The summed E-state index contributed by atoms with van der Waals surface area (Å²) in [4.78, 5) is 29.8. The van der Waals surface area contributed by atoms with E-state index in [2.05, 4.69) is 15.4 Å². The van der Waals surface area contributed by atoms with Crippen LogP contribution in [-0.4, -0.2) is 40.4 Å². The molecule has 0 aliphatic carbocycles. The lowest BCUT2D eigenvalue weighted by molar-refractivity contribution is -0.119. The molecule has 5 aromatic rings. The Hall–Kier alpha value is -4.66. The number of methoxy groups -OCH3 is 1. The molecule has 0 atom stereocenters. The molecule has 36 heavy (non-hydrogen) atoms. The first-order chi connectivity index (χ1) is 17.5. The van der Waals surface area contributed by atoms with Crippen LogP contribution in [0.5, 0.6) is 5.75 Å². The van der Waals surface area contributed by atoms with Gasteiger partial charge in [0.05, 0.1) is 24.7 Å². The molecular formula is C27H24N4O5. The summed E-state index contributed by atoms with van der Waals surface area (Å²) in [5, 5.41) is 8.88. The third-order valence-corrected chi connectivity index (χ3v) is 5.75. The van der Waals surface area contributed by atoms with Crippen LogP contribution < -0.4 is 10.1 Å². The van der Waals surface area contributed by atoms with Gasteiger partial charge in [0.1, 0.15) is 22.5 Å². The number of carbonyl (C=O) groups is 2. The van der Waals surface area contributed by atoms with Crippen LogP contribution in [0.4, 0.5) is 5.69 Å². The Morgan fingerprint density at radius 3 is 2.61 bits per heavy atom. The van der Waals surface area contributed by atoms with Gasteiger partial charge < -0.3 is 19.2 Å². The Kier molecular flexibility index (Phi) is 6.12. The zero-order valence-corrected chi connectivity index (χ0v) is 20.0. The van der Waals surface area contributed by atoms with Gasteiger partial charge in [-0.3, -0.25) is 4.79 Å². The molecule has 0 fully saturated rings. The number of para-hydroxylation sites is 1. The van der Waals surface area contributed by atoms with Gasteiger partial charge in [-0.05, 0) is 30.2 Å². The third kappa shape index (κ3) is 4.26. The lowest BCUT2D eigenvalue weighted by Crippen LogP contribution is -2.22. The van der Waals surface area contributed by atoms with Gasteiger partial charge >= 0.3 is 5.97 Å². The monoisotopic (exact) mass is 484 g/mol. The molecule has 3 aromatic heterocycles. The number of hydrogen-bond donors (Lipinski definition) is 1. The number of aromatic nitrogens is 3. The quantitative estimate of drug-likeness (QED) is 0.320. The molecule has 0 aliphatic heterocycles. The Labute approximate surface area is 206 Å². The van der Waals surface area contributed by atoms with E-state index in [1.165, 1.54) is 13.3 Å². The molecule has 0 radical (unpaired) electrons. The smallest absolute Gasteiger partial charge is 0.342 e. The van der Waals surface area contributed by atoms with Crippen LogP contribution in [0.3, 0.4) is 0 Å². The first kappa shape index (κ1) is 23.1. The summed E-state index contributed by atoms with van der Waals surface area (Å²) in [6.07, 6.45) is 3.09. The van der Waals surface area contributed by atoms with Crippen molar-refractivity contribution >= 4 is 39.5 Å². The lowest BCUT2D eigenvalue weighted by Gasteiger charge is -2.12. The van der Waals surface area contributed by atoms with Crippen LogP contribution in [-0.2, 0) is 9.53 Å². The number of esters is 1. The molecule has 0 spiro atoms. The van der Waals surface area contributed by atoms with E-state index in [0.717, 1.165) is 16.4 Å². The molecule has 1 amide bonds. The van der Waals surface area contributed by atoms with Gasteiger partial charge in [0.15, 0.2) is 12.4 Å². The SMILES string of the molecule is COc1cc2c(cc1NC(=O)COC(=O)c1cnn(-c3ccccn3)c1C(C)C)oc1ccccc12. The van der Waals surface area contributed by atoms with Gasteiger partial charge in [-0.1, -0.05) is 38.1 Å². The van der Waals surface area contributed by atoms with E-state index in [-0.39, 0.29) is 11.5 Å². The minimum Gasteiger partial charge on any atom is -0.495 e.